The first-order valence-electron chi connectivity index (χ1n) is 6.06. The zero-order chi connectivity index (χ0) is 13.5. The van der Waals surface area contributed by atoms with Gasteiger partial charge in [-0.3, -0.25) is 0 Å². The number of hydrogen-bond acceptors (Lipinski definition) is 2. The van der Waals surface area contributed by atoms with Crippen LogP contribution >= 0.6 is 0 Å². The van der Waals surface area contributed by atoms with E-state index in [9.17, 15) is 18.3 Å². The number of alkyl halides is 3. The molecule has 0 aliphatic heterocycles. The number of hydrogen-bond donors (Lipinski definition) is 1. The van der Waals surface area contributed by atoms with Crippen LogP contribution in [0.4, 0.5) is 13.2 Å². The van der Waals surface area contributed by atoms with Gasteiger partial charge < -0.3 is 9.67 Å². The third-order valence-electron chi connectivity index (χ3n) is 3.60. The third kappa shape index (κ3) is 2.53. The van der Waals surface area contributed by atoms with E-state index in [-0.39, 0.29) is 19.3 Å². The molecule has 1 aliphatic carbocycles. The average Bonchev–Trinajstić information content (AvgIpc) is 2.55. The Morgan fingerprint density at radius 2 is 2.00 bits per heavy atom. The van der Waals surface area contributed by atoms with Crippen LogP contribution in [0.3, 0.4) is 0 Å². The second kappa shape index (κ2) is 4.57. The number of aromatic nitrogens is 2. The Morgan fingerprint density at radius 1 is 1.33 bits per heavy atom. The van der Waals surface area contributed by atoms with Crippen LogP contribution in [0.1, 0.15) is 36.8 Å². The molecule has 1 fully saturated rings. The number of aliphatic hydroxyl groups is 1. The summed E-state index contributed by atoms with van der Waals surface area (Å²) >= 11 is 0. The second-order valence-electron chi connectivity index (χ2n) is 5.02. The number of nitrogens with zero attached hydrogens (tertiary/aromatic N) is 2. The van der Waals surface area contributed by atoms with Crippen molar-refractivity contribution in [3.8, 4) is 0 Å². The van der Waals surface area contributed by atoms with Gasteiger partial charge in [-0.15, -0.1) is 0 Å². The van der Waals surface area contributed by atoms with E-state index in [4.69, 9.17) is 0 Å². The molecule has 0 aromatic carbocycles. The summed E-state index contributed by atoms with van der Waals surface area (Å²) in [5, 5.41) is 9.62. The van der Waals surface area contributed by atoms with Gasteiger partial charge in [0.05, 0.1) is 17.7 Å². The van der Waals surface area contributed by atoms with Gasteiger partial charge in [0.15, 0.2) is 0 Å². The molecule has 1 N–H and O–H groups in total. The van der Waals surface area contributed by atoms with Gasteiger partial charge in [-0.25, -0.2) is 4.98 Å². The van der Waals surface area contributed by atoms with Gasteiger partial charge in [-0.05, 0) is 33.1 Å². The topological polar surface area (TPSA) is 38.0 Å². The Hall–Kier alpha value is -1.04. The van der Waals surface area contributed by atoms with Crippen LogP contribution in [0.2, 0.25) is 0 Å². The third-order valence-corrected chi connectivity index (χ3v) is 3.60. The maximum absolute atomic E-state index is 13.0. The van der Waals surface area contributed by atoms with E-state index in [1.165, 1.54) is 0 Å². The second-order valence-corrected chi connectivity index (χ2v) is 5.02. The van der Waals surface area contributed by atoms with E-state index in [2.05, 4.69) is 4.98 Å². The molecule has 1 aromatic rings. The molecule has 0 spiro atoms. The predicted molar refractivity (Wildman–Crippen MR) is 60.1 cm³/mol. The molecule has 1 aliphatic rings. The summed E-state index contributed by atoms with van der Waals surface area (Å²) in [7, 11) is 0. The van der Waals surface area contributed by atoms with Crippen molar-refractivity contribution in [1.29, 1.82) is 0 Å². The minimum atomic E-state index is -4.23. The molecule has 3 unspecified atom stereocenters. The normalized spacial score (nSPS) is 29.6. The highest BCUT2D eigenvalue weighted by atomic mass is 19.4. The molecular formula is C12H17F3N2O. The molecule has 3 nitrogen and oxygen atoms in total. The first kappa shape index (κ1) is 13.4. The molecule has 18 heavy (non-hydrogen) atoms. The molecule has 6 heteroatoms. The number of aliphatic hydroxyl groups excluding tert-OH is 1. The van der Waals surface area contributed by atoms with Gasteiger partial charge >= 0.3 is 6.18 Å². The van der Waals surface area contributed by atoms with Crippen LogP contribution in [-0.4, -0.2) is 26.9 Å². The van der Waals surface area contributed by atoms with Crippen molar-refractivity contribution in [1.82, 2.24) is 9.55 Å². The van der Waals surface area contributed by atoms with Gasteiger partial charge in [0, 0.05) is 12.2 Å². The molecule has 102 valence electrons. The lowest BCUT2D eigenvalue weighted by molar-refractivity contribution is -0.198. The monoisotopic (exact) mass is 262 g/mol. The van der Waals surface area contributed by atoms with E-state index in [0.717, 1.165) is 0 Å². The van der Waals surface area contributed by atoms with Gasteiger partial charge in [-0.1, -0.05) is 0 Å². The van der Waals surface area contributed by atoms with Crippen molar-refractivity contribution >= 4 is 0 Å². The lowest BCUT2D eigenvalue weighted by Crippen LogP contribution is -2.38. The van der Waals surface area contributed by atoms with Crippen molar-refractivity contribution in [3.05, 3.63) is 17.7 Å². The number of imidazole rings is 1. The van der Waals surface area contributed by atoms with Gasteiger partial charge in [-0.2, -0.15) is 13.2 Å². The fourth-order valence-electron chi connectivity index (χ4n) is 2.79. The zero-order valence-corrected chi connectivity index (χ0v) is 10.4. The van der Waals surface area contributed by atoms with E-state index >= 15 is 0 Å². The Morgan fingerprint density at radius 3 is 2.50 bits per heavy atom. The number of aryl methyl sites for hydroxylation is 2. The fourth-order valence-corrected chi connectivity index (χ4v) is 2.79. The molecular weight excluding hydrogens is 245 g/mol. The summed E-state index contributed by atoms with van der Waals surface area (Å²) in [4.78, 5) is 4.14. The van der Waals surface area contributed by atoms with Gasteiger partial charge in [0.2, 0.25) is 0 Å². The molecule has 1 heterocycles. The van der Waals surface area contributed by atoms with Crippen LogP contribution in [-0.2, 0) is 0 Å². The quantitative estimate of drug-likeness (QED) is 0.845. The van der Waals surface area contributed by atoms with E-state index in [1.54, 1.807) is 24.6 Å². The molecule has 0 bridgehead atoms. The summed E-state index contributed by atoms with van der Waals surface area (Å²) in [6.07, 6.45) is -2.91. The molecule has 2 rings (SSSR count). The molecule has 3 atom stereocenters. The largest absolute Gasteiger partial charge is 0.393 e. The highest BCUT2D eigenvalue weighted by molar-refractivity contribution is 5.04. The van der Waals surface area contributed by atoms with E-state index in [1.807, 2.05) is 0 Å². The predicted octanol–water partition coefficient (Wildman–Crippen LogP) is 2.76. The van der Waals surface area contributed by atoms with Crippen molar-refractivity contribution in [2.45, 2.75) is 51.4 Å². The van der Waals surface area contributed by atoms with E-state index in [0.29, 0.717) is 11.5 Å². The van der Waals surface area contributed by atoms with Crippen LogP contribution in [0.5, 0.6) is 0 Å². The van der Waals surface area contributed by atoms with Gasteiger partial charge in [0.25, 0.3) is 0 Å². The minimum absolute atomic E-state index is 0.0218. The first-order valence-corrected chi connectivity index (χ1v) is 6.06. The number of halogens is 3. The van der Waals surface area contributed by atoms with Crippen LogP contribution in [0, 0.1) is 19.8 Å². The smallest absolute Gasteiger partial charge is 0.393 e. The molecule has 0 radical (unpaired) electrons. The number of rotatable bonds is 1. The van der Waals surface area contributed by atoms with Crippen LogP contribution in [0.25, 0.3) is 0 Å². The molecule has 0 saturated heterocycles. The summed E-state index contributed by atoms with van der Waals surface area (Å²) in [6, 6.07) is -0.741. The maximum Gasteiger partial charge on any atom is 0.393 e. The standard InChI is InChI=1S/C12H17F3N2O/c1-7-6-17(8(2)16-7)11-5-9(18)3-4-10(11)12(13,14)15/h6,9-11,18H,3-5H2,1-2H3. The summed E-state index contributed by atoms with van der Waals surface area (Å²) < 4.78 is 40.6. The Bertz CT molecular complexity index is 427. The highest BCUT2D eigenvalue weighted by Crippen LogP contribution is 2.44. The minimum Gasteiger partial charge on any atom is -0.393 e. The summed E-state index contributed by atoms with van der Waals surface area (Å²) in [5.74, 6) is -0.825. The first-order chi connectivity index (χ1) is 8.29. The summed E-state index contributed by atoms with van der Waals surface area (Å²) in [6.45, 7) is 3.45. The fraction of sp³-hybridized carbons (Fsp3) is 0.750. The highest BCUT2D eigenvalue weighted by Gasteiger charge is 2.48. The lowest BCUT2D eigenvalue weighted by Gasteiger charge is -2.36. The zero-order valence-electron chi connectivity index (χ0n) is 10.4. The summed E-state index contributed by atoms with van der Waals surface area (Å²) in [5.41, 5.74) is 0.702. The maximum atomic E-state index is 13.0. The Labute approximate surface area is 104 Å². The van der Waals surface area contributed by atoms with Gasteiger partial charge in [0.1, 0.15) is 5.82 Å². The molecule has 1 saturated carbocycles. The SMILES string of the molecule is Cc1cn(C2CC(O)CCC2C(F)(F)F)c(C)n1. The van der Waals surface area contributed by atoms with Crippen LogP contribution in [0.15, 0.2) is 6.20 Å². The van der Waals surface area contributed by atoms with E-state index < -0.39 is 24.2 Å². The van der Waals surface area contributed by atoms with Crippen LogP contribution < -0.4 is 0 Å². The molecule has 1 aromatic heterocycles. The van der Waals surface area contributed by atoms with Crippen molar-refractivity contribution in [2.24, 2.45) is 5.92 Å². The molecule has 0 amide bonds. The van der Waals surface area contributed by atoms with Crippen molar-refractivity contribution < 1.29 is 18.3 Å². The van der Waals surface area contributed by atoms with Crippen molar-refractivity contribution in [2.75, 3.05) is 0 Å². The lowest BCUT2D eigenvalue weighted by atomic mass is 9.82. The van der Waals surface area contributed by atoms with Crippen molar-refractivity contribution in [3.63, 3.8) is 0 Å². The average molecular weight is 262 g/mol. The Balaban J connectivity index is 2.34. The Kier molecular flexibility index (Phi) is 3.40.